The van der Waals surface area contributed by atoms with E-state index < -0.39 is 0 Å². The molecule has 0 bridgehead atoms. The predicted octanol–water partition coefficient (Wildman–Crippen LogP) is 0.561. The summed E-state index contributed by atoms with van der Waals surface area (Å²) in [6.45, 7) is 4.00. The van der Waals surface area contributed by atoms with Gasteiger partial charge in [0.05, 0.1) is 18.3 Å². The molecule has 11 heavy (non-hydrogen) atoms. The predicted molar refractivity (Wildman–Crippen MR) is 41.5 cm³/mol. The summed E-state index contributed by atoms with van der Waals surface area (Å²) in [5, 5.41) is 8.95. The lowest BCUT2D eigenvalue weighted by molar-refractivity contribution is -0.0809. The largest absolute Gasteiger partial charge is 0.394 e. The lowest BCUT2D eigenvalue weighted by Gasteiger charge is -2.26. The van der Waals surface area contributed by atoms with Crippen LogP contribution in [-0.4, -0.2) is 36.6 Å². The third-order valence-electron chi connectivity index (χ3n) is 2.40. The van der Waals surface area contributed by atoms with Crippen molar-refractivity contribution in [3.8, 4) is 0 Å². The molecule has 0 aromatic carbocycles. The van der Waals surface area contributed by atoms with Crippen molar-refractivity contribution in [1.29, 1.82) is 0 Å². The fourth-order valence-corrected chi connectivity index (χ4v) is 1.63. The van der Waals surface area contributed by atoms with Gasteiger partial charge in [0.1, 0.15) is 6.10 Å². The van der Waals surface area contributed by atoms with Crippen molar-refractivity contribution in [2.75, 3.05) is 13.7 Å². The molecule has 1 N–H and O–H groups in total. The minimum Gasteiger partial charge on any atom is -0.394 e. The number of aliphatic hydroxyl groups excluding tert-OH is 1. The van der Waals surface area contributed by atoms with E-state index in [0.29, 0.717) is 0 Å². The highest BCUT2D eigenvalue weighted by Crippen LogP contribution is 2.32. The molecule has 1 aliphatic heterocycles. The highest BCUT2D eigenvalue weighted by Gasteiger charge is 2.43. The third-order valence-corrected chi connectivity index (χ3v) is 2.40. The van der Waals surface area contributed by atoms with E-state index in [9.17, 15) is 0 Å². The summed E-state index contributed by atoms with van der Waals surface area (Å²) in [6, 6.07) is 0. The van der Waals surface area contributed by atoms with Crippen LogP contribution in [0.25, 0.3) is 0 Å². The minimum atomic E-state index is -0.297. The standard InChI is InChI=1S/C8H16O3/c1-6-4-8(2,10-3)7(5-9)11-6/h6-7,9H,4-5H2,1-3H3/t6-,7+,8+/m0/s1. The Balaban J connectivity index is 2.63. The summed E-state index contributed by atoms with van der Waals surface area (Å²) < 4.78 is 10.7. The summed E-state index contributed by atoms with van der Waals surface area (Å²) in [5.74, 6) is 0. The van der Waals surface area contributed by atoms with Crippen molar-refractivity contribution in [1.82, 2.24) is 0 Å². The SMILES string of the molecule is CO[C@]1(C)C[C@H](C)O[C@@H]1CO. The molecule has 3 nitrogen and oxygen atoms in total. The number of hydrogen-bond donors (Lipinski definition) is 1. The first kappa shape index (κ1) is 8.97. The average molecular weight is 160 g/mol. The van der Waals surface area contributed by atoms with Crippen molar-refractivity contribution in [2.45, 2.75) is 38.1 Å². The maximum absolute atomic E-state index is 8.95. The average Bonchev–Trinajstić information content (AvgIpc) is 2.27. The highest BCUT2D eigenvalue weighted by atomic mass is 16.6. The van der Waals surface area contributed by atoms with Crippen molar-refractivity contribution >= 4 is 0 Å². The van der Waals surface area contributed by atoms with E-state index >= 15 is 0 Å². The molecule has 1 heterocycles. The van der Waals surface area contributed by atoms with E-state index in [-0.39, 0.29) is 24.4 Å². The molecule has 1 rings (SSSR count). The highest BCUT2D eigenvalue weighted by molar-refractivity contribution is 4.92. The van der Waals surface area contributed by atoms with Crippen LogP contribution < -0.4 is 0 Å². The third kappa shape index (κ3) is 1.55. The first-order chi connectivity index (χ1) is 5.12. The Morgan fingerprint density at radius 2 is 2.36 bits per heavy atom. The zero-order chi connectivity index (χ0) is 8.48. The van der Waals surface area contributed by atoms with Gasteiger partial charge in [-0.05, 0) is 13.8 Å². The van der Waals surface area contributed by atoms with Crippen molar-refractivity contribution in [3.05, 3.63) is 0 Å². The molecule has 66 valence electrons. The number of aliphatic hydroxyl groups is 1. The zero-order valence-electron chi connectivity index (χ0n) is 7.33. The molecule has 0 aromatic rings. The van der Waals surface area contributed by atoms with Crippen LogP contribution in [0.15, 0.2) is 0 Å². The summed E-state index contributed by atoms with van der Waals surface area (Å²) in [6.07, 6.45) is 0.883. The fraction of sp³-hybridized carbons (Fsp3) is 1.00. The lowest BCUT2D eigenvalue weighted by atomic mass is 9.96. The molecule has 0 radical (unpaired) electrons. The van der Waals surface area contributed by atoms with Gasteiger partial charge < -0.3 is 14.6 Å². The minimum absolute atomic E-state index is 0.0364. The van der Waals surface area contributed by atoms with E-state index in [0.717, 1.165) is 6.42 Å². The fourth-order valence-electron chi connectivity index (χ4n) is 1.63. The number of methoxy groups -OCH3 is 1. The van der Waals surface area contributed by atoms with Crippen LogP contribution in [0.2, 0.25) is 0 Å². The van der Waals surface area contributed by atoms with E-state index in [1.54, 1.807) is 7.11 Å². The molecule has 1 fully saturated rings. The van der Waals surface area contributed by atoms with Gasteiger partial charge in [-0.25, -0.2) is 0 Å². The van der Waals surface area contributed by atoms with Gasteiger partial charge in [0, 0.05) is 13.5 Å². The van der Waals surface area contributed by atoms with Crippen LogP contribution in [0.4, 0.5) is 0 Å². The smallest absolute Gasteiger partial charge is 0.110 e. The van der Waals surface area contributed by atoms with Crippen LogP contribution in [-0.2, 0) is 9.47 Å². The van der Waals surface area contributed by atoms with Gasteiger partial charge in [0.15, 0.2) is 0 Å². The Hall–Kier alpha value is -0.120. The van der Waals surface area contributed by atoms with Gasteiger partial charge in [-0.3, -0.25) is 0 Å². The summed E-state index contributed by atoms with van der Waals surface area (Å²) in [4.78, 5) is 0. The van der Waals surface area contributed by atoms with Crippen LogP contribution in [0.5, 0.6) is 0 Å². The quantitative estimate of drug-likeness (QED) is 0.641. The Kier molecular flexibility index (Phi) is 2.52. The normalized spacial score (nSPS) is 44.7. The molecular formula is C8H16O3. The van der Waals surface area contributed by atoms with Crippen molar-refractivity contribution < 1.29 is 14.6 Å². The van der Waals surface area contributed by atoms with Crippen LogP contribution in [0, 0.1) is 0 Å². The van der Waals surface area contributed by atoms with Gasteiger partial charge in [0.25, 0.3) is 0 Å². The second-order valence-electron chi connectivity index (χ2n) is 3.34. The molecule has 0 aromatic heterocycles. The molecule has 0 amide bonds. The molecule has 3 heteroatoms. The number of hydrogen-bond acceptors (Lipinski definition) is 3. The molecule has 0 unspecified atom stereocenters. The van der Waals surface area contributed by atoms with Gasteiger partial charge in [-0.1, -0.05) is 0 Å². The molecule has 3 atom stereocenters. The topological polar surface area (TPSA) is 38.7 Å². The van der Waals surface area contributed by atoms with E-state index in [2.05, 4.69) is 0 Å². The Morgan fingerprint density at radius 1 is 1.73 bits per heavy atom. The maximum atomic E-state index is 8.95. The van der Waals surface area contributed by atoms with Gasteiger partial charge in [-0.15, -0.1) is 0 Å². The van der Waals surface area contributed by atoms with E-state index in [1.807, 2.05) is 13.8 Å². The Bertz CT molecular complexity index is 137. The monoisotopic (exact) mass is 160 g/mol. The number of rotatable bonds is 2. The zero-order valence-corrected chi connectivity index (χ0v) is 7.33. The summed E-state index contributed by atoms with van der Waals surface area (Å²) in [5.41, 5.74) is -0.297. The number of ether oxygens (including phenoxy) is 2. The summed E-state index contributed by atoms with van der Waals surface area (Å²) in [7, 11) is 1.66. The molecule has 0 saturated carbocycles. The molecular weight excluding hydrogens is 144 g/mol. The molecule has 0 aliphatic carbocycles. The molecule has 0 spiro atoms. The summed E-state index contributed by atoms with van der Waals surface area (Å²) >= 11 is 0. The Labute approximate surface area is 67.3 Å². The van der Waals surface area contributed by atoms with Crippen LogP contribution in [0.1, 0.15) is 20.3 Å². The van der Waals surface area contributed by atoms with Crippen LogP contribution >= 0.6 is 0 Å². The second-order valence-corrected chi connectivity index (χ2v) is 3.34. The molecule has 1 aliphatic rings. The maximum Gasteiger partial charge on any atom is 0.110 e. The first-order valence-corrected chi connectivity index (χ1v) is 3.94. The van der Waals surface area contributed by atoms with Crippen molar-refractivity contribution in [2.24, 2.45) is 0 Å². The van der Waals surface area contributed by atoms with Crippen molar-refractivity contribution in [3.63, 3.8) is 0 Å². The van der Waals surface area contributed by atoms with Crippen LogP contribution in [0.3, 0.4) is 0 Å². The van der Waals surface area contributed by atoms with E-state index in [1.165, 1.54) is 0 Å². The lowest BCUT2D eigenvalue weighted by Crippen LogP contribution is -2.39. The molecule has 1 saturated heterocycles. The van der Waals surface area contributed by atoms with E-state index in [4.69, 9.17) is 14.6 Å². The van der Waals surface area contributed by atoms with Gasteiger partial charge >= 0.3 is 0 Å². The van der Waals surface area contributed by atoms with Gasteiger partial charge in [0.2, 0.25) is 0 Å². The van der Waals surface area contributed by atoms with Gasteiger partial charge in [-0.2, -0.15) is 0 Å². The second kappa shape index (κ2) is 3.09. The Morgan fingerprint density at radius 3 is 2.73 bits per heavy atom. The first-order valence-electron chi connectivity index (χ1n) is 3.94.